The van der Waals surface area contributed by atoms with E-state index >= 15 is 4.39 Å². The number of alkyl halides is 1. The van der Waals surface area contributed by atoms with Crippen molar-refractivity contribution in [1.29, 1.82) is 0 Å². The predicted molar refractivity (Wildman–Crippen MR) is 92.9 cm³/mol. The zero-order chi connectivity index (χ0) is 20.8. The summed E-state index contributed by atoms with van der Waals surface area (Å²) in [6.07, 6.45) is -7.15. The van der Waals surface area contributed by atoms with Crippen molar-refractivity contribution in [3.8, 4) is 0 Å². The maximum atomic E-state index is 15.3. The lowest BCUT2D eigenvalue weighted by Gasteiger charge is -2.30. The number of H-pyrrole nitrogens is 1. The number of nitrogens with two attached hydrogens (primary N) is 1. The fourth-order valence-electron chi connectivity index (χ4n) is 3.32. The van der Waals surface area contributed by atoms with E-state index in [4.69, 9.17) is 10.5 Å². The molecule has 5 atom stereocenters. The molecule has 1 saturated heterocycles. The predicted octanol–water partition coefficient (Wildman–Crippen LogP) is -1.01. The summed E-state index contributed by atoms with van der Waals surface area (Å²) in [4.78, 5) is 46.2. The van der Waals surface area contributed by atoms with E-state index < -0.39 is 47.3 Å². The molecule has 1 unspecified atom stereocenters. The fourth-order valence-corrected chi connectivity index (χ4v) is 3.32. The Balaban J connectivity index is 2.13. The van der Waals surface area contributed by atoms with E-state index in [0.717, 1.165) is 10.9 Å². The van der Waals surface area contributed by atoms with Crippen LogP contribution in [-0.4, -0.2) is 65.3 Å². The normalized spacial score (nSPS) is 28.5. The minimum absolute atomic E-state index is 0.111. The Morgan fingerprint density at radius 3 is 2.75 bits per heavy atom. The standard InChI is InChI=1S/C16H20FN5O6/c1-3-6(23)9(25)11-16(27,7(24)4-2)10(17)14(28-11)22-5-19-8-12(22)20-15(18)21-13(8)26/h5,9-11,14,25,27H,3-4H2,1-2H3,(H3,18,20,21,26)/t9?,10-,11-,14-,16+/m1/s1. The number of aromatic amines is 1. The van der Waals surface area contributed by atoms with Crippen molar-refractivity contribution in [3.63, 3.8) is 0 Å². The van der Waals surface area contributed by atoms with Gasteiger partial charge in [-0.25, -0.2) is 9.37 Å². The highest BCUT2D eigenvalue weighted by Gasteiger charge is 2.64. The zero-order valence-electron chi connectivity index (χ0n) is 15.1. The molecule has 0 aromatic carbocycles. The van der Waals surface area contributed by atoms with Crippen molar-refractivity contribution in [2.24, 2.45) is 0 Å². The number of aliphatic hydroxyl groups is 2. The molecule has 3 rings (SSSR count). The number of carbonyl (C=O) groups excluding carboxylic acids is 2. The largest absolute Gasteiger partial charge is 0.382 e. The van der Waals surface area contributed by atoms with Crippen LogP contribution in [0.15, 0.2) is 11.1 Å². The molecule has 1 aliphatic rings. The number of nitrogens with one attached hydrogen (secondary N) is 1. The Morgan fingerprint density at radius 1 is 1.46 bits per heavy atom. The number of nitrogens with zero attached hydrogens (tertiary/aromatic N) is 3. The Labute approximate surface area is 157 Å². The molecule has 1 fully saturated rings. The summed E-state index contributed by atoms with van der Waals surface area (Å²) in [5.41, 5.74) is 1.76. The average Bonchev–Trinajstić information content (AvgIpc) is 3.20. The summed E-state index contributed by atoms with van der Waals surface area (Å²) in [6, 6.07) is 0. The number of ether oxygens (including phenoxy) is 1. The van der Waals surface area contributed by atoms with Crippen LogP contribution in [0.1, 0.15) is 32.9 Å². The highest BCUT2D eigenvalue weighted by molar-refractivity contribution is 5.91. The van der Waals surface area contributed by atoms with Gasteiger partial charge in [-0.3, -0.25) is 23.9 Å². The van der Waals surface area contributed by atoms with E-state index in [2.05, 4.69) is 15.0 Å². The molecule has 11 nitrogen and oxygen atoms in total. The molecule has 0 saturated carbocycles. The van der Waals surface area contributed by atoms with Gasteiger partial charge in [-0.15, -0.1) is 0 Å². The van der Waals surface area contributed by atoms with Crippen LogP contribution in [0.4, 0.5) is 10.3 Å². The number of aliphatic hydroxyl groups excluding tert-OH is 1. The molecule has 0 radical (unpaired) electrons. The minimum Gasteiger partial charge on any atom is -0.382 e. The molecule has 28 heavy (non-hydrogen) atoms. The topological polar surface area (TPSA) is 173 Å². The summed E-state index contributed by atoms with van der Waals surface area (Å²) in [5.74, 6) is -1.93. The molecular formula is C16H20FN5O6. The maximum Gasteiger partial charge on any atom is 0.280 e. The Hall–Kier alpha value is -2.70. The summed E-state index contributed by atoms with van der Waals surface area (Å²) in [6.45, 7) is 2.87. The van der Waals surface area contributed by atoms with Crippen LogP contribution in [0.3, 0.4) is 0 Å². The van der Waals surface area contributed by atoms with Gasteiger partial charge < -0.3 is 20.7 Å². The van der Waals surface area contributed by atoms with Crippen LogP contribution in [0.25, 0.3) is 11.2 Å². The van der Waals surface area contributed by atoms with Crippen molar-refractivity contribution >= 4 is 28.7 Å². The number of halogens is 1. The molecule has 152 valence electrons. The van der Waals surface area contributed by atoms with Crippen LogP contribution in [0.2, 0.25) is 0 Å². The van der Waals surface area contributed by atoms with Crippen molar-refractivity contribution in [1.82, 2.24) is 19.5 Å². The lowest BCUT2D eigenvalue weighted by molar-refractivity contribution is -0.162. The van der Waals surface area contributed by atoms with Crippen LogP contribution >= 0.6 is 0 Å². The van der Waals surface area contributed by atoms with E-state index in [0.29, 0.717) is 0 Å². The number of fused-ring (bicyclic) bond motifs is 1. The second-order valence-corrected chi connectivity index (χ2v) is 6.49. The van der Waals surface area contributed by atoms with Gasteiger partial charge in [-0.1, -0.05) is 13.8 Å². The summed E-state index contributed by atoms with van der Waals surface area (Å²) < 4.78 is 21.8. The lowest BCUT2D eigenvalue weighted by atomic mass is 9.83. The number of hydrogen-bond donors (Lipinski definition) is 4. The second-order valence-electron chi connectivity index (χ2n) is 6.49. The molecule has 5 N–H and O–H groups in total. The van der Waals surface area contributed by atoms with Crippen molar-refractivity contribution in [3.05, 3.63) is 16.7 Å². The molecule has 2 aromatic rings. The molecule has 12 heteroatoms. The SMILES string of the molecule is CCC(=O)C(O)[C@H]1O[C@@H](n2cnc3c(=O)[nH]c(N)nc32)[C@@H](F)[C@@]1(O)C(=O)CC. The first-order valence-electron chi connectivity index (χ1n) is 8.65. The number of nitrogen functional groups attached to an aromatic ring is 1. The van der Waals surface area contributed by atoms with Gasteiger partial charge in [0, 0.05) is 12.8 Å². The first-order chi connectivity index (χ1) is 13.2. The number of imidazole rings is 1. The smallest absolute Gasteiger partial charge is 0.280 e. The second kappa shape index (κ2) is 7.04. The summed E-state index contributed by atoms with van der Waals surface area (Å²) in [5, 5.41) is 21.1. The van der Waals surface area contributed by atoms with Crippen LogP contribution < -0.4 is 11.3 Å². The third-order valence-corrected chi connectivity index (χ3v) is 4.85. The fraction of sp³-hybridized carbons (Fsp3) is 0.562. The summed E-state index contributed by atoms with van der Waals surface area (Å²) in [7, 11) is 0. The van der Waals surface area contributed by atoms with Gasteiger partial charge in [-0.2, -0.15) is 4.98 Å². The van der Waals surface area contributed by atoms with E-state index in [1.165, 1.54) is 13.8 Å². The minimum atomic E-state index is -2.77. The van der Waals surface area contributed by atoms with Crippen molar-refractivity contribution in [2.45, 2.75) is 56.9 Å². The Kier molecular flexibility index (Phi) is 5.04. The number of hydrogen-bond acceptors (Lipinski definition) is 9. The number of anilines is 1. The zero-order valence-corrected chi connectivity index (χ0v) is 15.1. The van der Waals surface area contributed by atoms with Gasteiger partial charge in [0.25, 0.3) is 5.56 Å². The molecular weight excluding hydrogens is 377 g/mol. The van der Waals surface area contributed by atoms with Gasteiger partial charge in [-0.05, 0) is 0 Å². The van der Waals surface area contributed by atoms with Crippen LogP contribution in [0.5, 0.6) is 0 Å². The molecule has 0 aliphatic carbocycles. The molecule has 0 bridgehead atoms. The van der Waals surface area contributed by atoms with E-state index in [1.807, 2.05) is 0 Å². The highest BCUT2D eigenvalue weighted by Crippen LogP contribution is 2.43. The Morgan fingerprint density at radius 2 is 2.14 bits per heavy atom. The van der Waals surface area contributed by atoms with Crippen LogP contribution in [-0.2, 0) is 14.3 Å². The Bertz CT molecular complexity index is 990. The van der Waals surface area contributed by atoms with Crippen molar-refractivity contribution < 1.29 is 28.9 Å². The average molecular weight is 397 g/mol. The number of aromatic nitrogens is 4. The third kappa shape index (κ3) is 2.80. The first-order valence-corrected chi connectivity index (χ1v) is 8.65. The monoisotopic (exact) mass is 397 g/mol. The van der Waals surface area contributed by atoms with Gasteiger partial charge in [0.05, 0.1) is 6.33 Å². The van der Waals surface area contributed by atoms with E-state index in [-0.39, 0.29) is 30.0 Å². The molecule has 0 spiro atoms. The number of Topliss-reactive ketones (excluding diaryl/α,β-unsaturated/α-hetero) is 2. The number of ketones is 2. The van der Waals surface area contributed by atoms with E-state index in [9.17, 15) is 24.6 Å². The quantitative estimate of drug-likeness (QED) is 0.476. The first kappa shape index (κ1) is 20.0. The van der Waals surface area contributed by atoms with Gasteiger partial charge in [0.1, 0.15) is 12.2 Å². The summed E-state index contributed by atoms with van der Waals surface area (Å²) >= 11 is 0. The molecule has 3 heterocycles. The molecule has 0 amide bonds. The number of rotatable bonds is 6. The maximum absolute atomic E-state index is 15.3. The number of carbonyl (C=O) groups is 2. The van der Waals surface area contributed by atoms with Gasteiger partial charge in [0.2, 0.25) is 5.95 Å². The van der Waals surface area contributed by atoms with E-state index in [1.54, 1.807) is 0 Å². The molecule has 1 aliphatic heterocycles. The van der Waals surface area contributed by atoms with Gasteiger partial charge in [0.15, 0.2) is 40.7 Å². The van der Waals surface area contributed by atoms with Gasteiger partial charge >= 0.3 is 0 Å². The van der Waals surface area contributed by atoms with Crippen molar-refractivity contribution in [2.75, 3.05) is 5.73 Å². The highest BCUT2D eigenvalue weighted by atomic mass is 19.1. The third-order valence-electron chi connectivity index (χ3n) is 4.85. The lowest BCUT2D eigenvalue weighted by Crippen LogP contribution is -2.57. The van der Waals surface area contributed by atoms with Crippen LogP contribution in [0, 0.1) is 0 Å². The molecule has 2 aromatic heterocycles.